The summed E-state index contributed by atoms with van der Waals surface area (Å²) in [7, 11) is 0. The summed E-state index contributed by atoms with van der Waals surface area (Å²) in [6.07, 6.45) is 2.71. The molecule has 0 fully saturated rings. The lowest BCUT2D eigenvalue weighted by molar-refractivity contribution is -0.119. The van der Waals surface area contributed by atoms with E-state index in [-0.39, 0.29) is 17.6 Å². The number of hydrogen-bond donors (Lipinski definition) is 2. The maximum absolute atomic E-state index is 12.7. The van der Waals surface area contributed by atoms with Gasteiger partial charge in [0.1, 0.15) is 0 Å². The number of nitrogens with zero attached hydrogens (tertiary/aromatic N) is 2. The standard InChI is InChI=1S/C23H22N4O4/c1-15-12-25-20(13-24-15)23(30)31-14-21(28)27-19-11-7-6-10-18(19)22(29)26-16(2)17-8-4-3-5-9-17/h3-13,16H,14H2,1-2H3,(H,26,29)(H,27,28)/t16-/m0/s1. The number of para-hydroxylation sites is 1. The number of nitrogens with one attached hydrogen (secondary N) is 2. The summed E-state index contributed by atoms with van der Waals surface area (Å²) in [5.41, 5.74) is 2.24. The molecule has 2 aromatic carbocycles. The Balaban J connectivity index is 1.60. The van der Waals surface area contributed by atoms with Gasteiger partial charge in [0.15, 0.2) is 12.3 Å². The van der Waals surface area contributed by atoms with E-state index in [1.54, 1.807) is 31.2 Å². The molecule has 0 aliphatic heterocycles. The van der Waals surface area contributed by atoms with Crippen molar-refractivity contribution in [1.29, 1.82) is 0 Å². The van der Waals surface area contributed by atoms with Gasteiger partial charge < -0.3 is 15.4 Å². The molecule has 0 unspecified atom stereocenters. The number of hydrogen-bond acceptors (Lipinski definition) is 6. The second-order valence-electron chi connectivity index (χ2n) is 6.82. The Morgan fingerprint density at radius 3 is 2.39 bits per heavy atom. The molecule has 0 aliphatic carbocycles. The number of benzene rings is 2. The van der Waals surface area contributed by atoms with Crippen LogP contribution in [0.3, 0.4) is 0 Å². The van der Waals surface area contributed by atoms with Gasteiger partial charge in [-0.2, -0.15) is 0 Å². The van der Waals surface area contributed by atoms with Crippen LogP contribution >= 0.6 is 0 Å². The van der Waals surface area contributed by atoms with Crippen LogP contribution in [0, 0.1) is 6.92 Å². The maximum Gasteiger partial charge on any atom is 0.359 e. The monoisotopic (exact) mass is 418 g/mol. The Kier molecular flexibility index (Phi) is 7.05. The molecule has 0 saturated heterocycles. The number of anilines is 1. The average molecular weight is 418 g/mol. The number of aromatic nitrogens is 2. The average Bonchev–Trinajstić information content (AvgIpc) is 2.79. The highest BCUT2D eigenvalue weighted by molar-refractivity contribution is 6.04. The molecule has 3 rings (SSSR count). The molecule has 2 N–H and O–H groups in total. The van der Waals surface area contributed by atoms with E-state index in [1.807, 2.05) is 37.3 Å². The van der Waals surface area contributed by atoms with Crippen molar-refractivity contribution in [2.75, 3.05) is 11.9 Å². The van der Waals surface area contributed by atoms with Crippen molar-refractivity contribution in [3.8, 4) is 0 Å². The number of rotatable bonds is 7. The van der Waals surface area contributed by atoms with Crippen LogP contribution in [0.25, 0.3) is 0 Å². The maximum atomic E-state index is 12.7. The lowest BCUT2D eigenvalue weighted by atomic mass is 10.1. The van der Waals surface area contributed by atoms with Crippen LogP contribution in [0.15, 0.2) is 67.0 Å². The Bertz CT molecular complexity index is 1070. The summed E-state index contributed by atoms with van der Waals surface area (Å²) in [5.74, 6) is -1.67. The topological polar surface area (TPSA) is 110 Å². The van der Waals surface area contributed by atoms with Gasteiger partial charge in [0.25, 0.3) is 11.8 Å². The fourth-order valence-electron chi connectivity index (χ4n) is 2.78. The van der Waals surface area contributed by atoms with Crippen LogP contribution < -0.4 is 10.6 Å². The quantitative estimate of drug-likeness (QED) is 0.571. The van der Waals surface area contributed by atoms with Crippen molar-refractivity contribution in [2.45, 2.75) is 19.9 Å². The Morgan fingerprint density at radius 2 is 1.68 bits per heavy atom. The SMILES string of the molecule is Cc1cnc(C(=O)OCC(=O)Nc2ccccc2C(=O)N[C@@H](C)c2ccccc2)cn1. The van der Waals surface area contributed by atoms with E-state index in [4.69, 9.17) is 4.74 Å². The van der Waals surface area contributed by atoms with E-state index in [2.05, 4.69) is 20.6 Å². The zero-order chi connectivity index (χ0) is 22.2. The Labute approximate surface area is 179 Å². The lowest BCUT2D eigenvalue weighted by Crippen LogP contribution is -2.28. The highest BCUT2D eigenvalue weighted by atomic mass is 16.5. The minimum Gasteiger partial charge on any atom is -0.451 e. The van der Waals surface area contributed by atoms with Crippen LogP contribution in [0.5, 0.6) is 0 Å². The van der Waals surface area contributed by atoms with Crippen molar-refractivity contribution < 1.29 is 19.1 Å². The normalized spacial score (nSPS) is 11.3. The first-order valence-electron chi connectivity index (χ1n) is 9.64. The second kappa shape index (κ2) is 10.1. The molecule has 0 saturated carbocycles. The minimum atomic E-state index is -0.759. The second-order valence-corrected chi connectivity index (χ2v) is 6.82. The molecular formula is C23H22N4O4. The van der Waals surface area contributed by atoms with Crippen LogP contribution in [0.4, 0.5) is 5.69 Å². The molecule has 1 heterocycles. The largest absolute Gasteiger partial charge is 0.451 e. The fourth-order valence-corrected chi connectivity index (χ4v) is 2.78. The van der Waals surface area contributed by atoms with Crippen molar-refractivity contribution >= 4 is 23.5 Å². The highest BCUT2D eigenvalue weighted by Gasteiger charge is 2.17. The van der Waals surface area contributed by atoms with Gasteiger partial charge in [-0.3, -0.25) is 14.6 Å². The van der Waals surface area contributed by atoms with Gasteiger partial charge in [0, 0.05) is 6.20 Å². The summed E-state index contributed by atoms with van der Waals surface area (Å²) >= 11 is 0. The molecule has 0 bridgehead atoms. The van der Waals surface area contributed by atoms with Crippen molar-refractivity contribution in [2.24, 2.45) is 0 Å². The number of esters is 1. The van der Waals surface area contributed by atoms with Crippen molar-refractivity contribution in [1.82, 2.24) is 15.3 Å². The van der Waals surface area contributed by atoms with Gasteiger partial charge >= 0.3 is 5.97 Å². The van der Waals surface area contributed by atoms with E-state index in [0.29, 0.717) is 16.9 Å². The number of ether oxygens (including phenoxy) is 1. The van der Waals surface area contributed by atoms with E-state index < -0.39 is 18.5 Å². The first-order valence-corrected chi connectivity index (χ1v) is 9.64. The molecule has 158 valence electrons. The van der Waals surface area contributed by atoms with Gasteiger partial charge in [-0.05, 0) is 31.5 Å². The molecule has 2 amide bonds. The lowest BCUT2D eigenvalue weighted by Gasteiger charge is -2.16. The zero-order valence-corrected chi connectivity index (χ0v) is 17.2. The Hall–Kier alpha value is -4.07. The molecule has 3 aromatic rings. The highest BCUT2D eigenvalue weighted by Crippen LogP contribution is 2.18. The number of amides is 2. The molecule has 31 heavy (non-hydrogen) atoms. The summed E-state index contributed by atoms with van der Waals surface area (Å²) in [6.45, 7) is 3.09. The molecule has 0 radical (unpaired) electrons. The van der Waals surface area contributed by atoms with Gasteiger partial charge in [-0.15, -0.1) is 0 Å². The van der Waals surface area contributed by atoms with Crippen molar-refractivity contribution in [3.05, 3.63) is 89.5 Å². The number of aryl methyl sites for hydroxylation is 1. The molecule has 1 aromatic heterocycles. The van der Waals surface area contributed by atoms with E-state index in [1.165, 1.54) is 12.4 Å². The van der Waals surface area contributed by atoms with Gasteiger partial charge in [-0.25, -0.2) is 9.78 Å². The molecule has 8 heteroatoms. The Morgan fingerprint density at radius 1 is 0.968 bits per heavy atom. The van der Waals surface area contributed by atoms with E-state index in [0.717, 1.165) is 5.56 Å². The third-order valence-corrected chi connectivity index (χ3v) is 4.42. The molecular weight excluding hydrogens is 396 g/mol. The summed E-state index contributed by atoms with van der Waals surface area (Å²) in [4.78, 5) is 44.9. The predicted molar refractivity (Wildman–Crippen MR) is 114 cm³/mol. The van der Waals surface area contributed by atoms with E-state index >= 15 is 0 Å². The third-order valence-electron chi connectivity index (χ3n) is 4.42. The molecule has 0 spiro atoms. The predicted octanol–water partition coefficient (Wildman–Crippen LogP) is 3.07. The first kappa shape index (κ1) is 21.6. The summed E-state index contributed by atoms with van der Waals surface area (Å²) in [5, 5.41) is 5.52. The molecule has 0 aliphatic rings. The molecule has 8 nitrogen and oxygen atoms in total. The number of carbonyl (C=O) groups excluding carboxylic acids is 3. The minimum absolute atomic E-state index is 0.00748. The zero-order valence-electron chi connectivity index (χ0n) is 17.2. The smallest absolute Gasteiger partial charge is 0.359 e. The van der Waals surface area contributed by atoms with Crippen LogP contribution in [-0.2, 0) is 9.53 Å². The first-order chi connectivity index (χ1) is 14.9. The van der Waals surface area contributed by atoms with Gasteiger partial charge in [0.05, 0.1) is 29.2 Å². The molecule has 1 atom stereocenters. The third kappa shape index (κ3) is 5.96. The van der Waals surface area contributed by atoms with Crippen LogP contribution in [0.2, 0.25) is 0 Å². The van der Waals surface area contributed by atoms with Crippen LogP contribution in [0.1, 0.15) is 45.1 Å². The van der Waals surface area contributed by atoms with Crippen LogP contribution in [-0.4, -0.2) is 34.4 Å². The fraction of sp³-hybridized carbons (Fsp3) is 0.174. The van der Waals surface area contributed by atoms with E-state index in [9.17, 15) is 14.4 Å². The number of carbonyl (C=O) groups is 3. The summed E-state index contributed by atoms with van der Waals surface area (Å²) in [6, 6.07) is 15.9. The van der Waals surface area contributed by atoms with Crippen molar-refractivity contribution in [3.63, 3.8) is 0 Å². The summed E-state index contributed by atoms with van der Waals surface area (Å²) < 4.78 is 4.97. The van der Waals surface area contributed by atoms with Gasteiger partial charge in [0.2, 0.25) is 0 Å². The van der Waals surface area contributed by atoms with Gasteiger partial charge in [-0.1, -0.05) is 42.5 Å².